The minimum atomic E-state index is 0.332. The third kappa shape index (κ3) is 3.31. The van der Waals surface area contributed by atoms with Crippen molar-refractivity contribution in [1.82, 2.24) is 0 Å². The molecular formula is C12H18Br2S. The van der Waals surface area contributed by atoms with Crippen molar-refractivity contribution in [2.24, 2.45) is 11.3 Å². The Labute approximate surface area is 114 Å². The van der Waals surface area contributed by atoms with Crippen LogP contribution in [0.5, 0.6) is 0 Å². The SMILES string of the molecule is Cc1cc(C(Br)C(C)C(C)(C)C)sc1Br. The van der Waals surface area contributed by atoms with Gasteiger partial charge in [0.15, 0.2) is 0 Å². The summed E-state index contributed by atoms with van der Waals surface area (Å²) in [7, 11) is 0. The Hall–Kier alpha value is 0.660. The normalized spacial score (nSPS) is 16.5. The first kappa shape index (κ1) is 13.7. The molecule has 15 heavy (non-hydrogen) atoms. The molecule has 0 aliphatic carbocycles. The van der Waals surface area contributed by atoms with E-state index < -0.39 is 0 Å². The molecule has 0 aliphatic rings. The molecule has 86 valence electrons. The van der Waals surface area contributed by atoms with Gasteiger partial charge in [0.1, 0.15) is 0 Å². The summed E-state index contributed by atoms with van der Waals surface area (Å²) in [4.78, 5) is 1.87. The molecule has 1 rings (SSSR count). The average molecular weight is 354 g/mol. The van der Waals surface area contributed by atoms with E-state index in [-0.39, 0.29) is 0 Å². The summed E-state index contributed by atoms with van der Waals surface area (Å²) in [5.41, 5.74) is 1.67. The van der Waals surface area contributed by atoms with Gasteiger partial charge in [-0.05, 0) is 45.8 Å². The average Bonchev–Trinajstić information content (AvgIpc) is 2.43. The number of rotatable bonds is 2. The van der Waals surface area contributed by atoms with E-state index in [1.165, 1.54) is 14.2 Å². The van der Waals surface area contributed by atoms with Crippen molar-refractivity contribution in [3.8, 4) is 0 Å². The topological polar surface area (TPSA) is 0 Å². The number of hydrogen-bond acceptors (Lipinski definition) is 1. The lowest BCUT2D eigenvalue weighted by Gasteiger charge is -2.30. The lowest BCUT2D eigenvalue weighted by molar-refractivity contribution is 0.260. The molecule has 0 spiro atoms. The van der Waals surface area contributed by atoms with Crippen LogP contribution in [0.25, 0.3) is 0 Å². The van der Waals surface area contributed by atoms with Crippen LogP contribution in [-0.4, -0.2) is 0 Å². The highest BCUT2D eigenvalue weighted by atomic mass is 79.9. The van der Waals surface area contributed by atoms with Gasteiger partial charge in [-0.1, -0.05) is 43.6 Å². The van der Waals surface area contributed by atoms with Crippen molar-refractivity contribution in [3.05, 3.63) is 20.3 Å². The van der Waals surface area contributed by atoms with Gasteiger partial charge in [0.2, 0.25) is 0 Å². The van der Waals surface area contributed by atoms with Crippen LogP contribution >= 0.6 is 43.2 Å². The largest absolute Gasteiger partial charge is 0.132 e. The first-order valence-electron chi connectivity index (χ1n) is 5.13. The molecule has 0 saturated carbocycles. The van der Waals surface area contributed by atoms with E-state index in [4.69, 9.17) is 0 Å². The van der Waals surface area contributed by atoms with Crippen LogP contribution in [-0.2, 0) is 0 Å². The second kappa shape index (κ2) is 4.89. The molecule has 0 nitrogen and oxygen atoms in total. The maximum Gasteiger partial charge on any atom is 0.0730 e. The lowest BCUT2D eigenvalue weighted by Crippen LogP contribution is -2.20. The predicted octanol–water partition coefficient (Wildman–Crippen LogP) is 5.94. The summed E-state index contributed by atoms with van der Waals surface area (Å²) in [6.45, 7) is 11.3. The van der Waals surface area contributed by atoms with Crippen LogP contribution in [0.2, 0.25) is 0 Å². The summed E-state index contributed by atoms with van der Waals surface area (Å²) < 4.78 is 1.25. The number of thiophene rings is 1. The molecule has 0 aliphatic heterocycles. The van der Waals surface area contributed by atoms with E-state index in [0.717, 1.165) is 0 Å². The van der Waals surface area contributed by atoms with Gasteiger partial charge in [0.25, 0.3) is 0 Å². The molecule has 2 atom stereocenters. The fourth-order valence-electron chi connectivity index (χ4n) is 1.30. The van der Waals surface area contributed by atoms with Gasteiger partial charge in [-0.15, -0.1) is 11.3 Å². The van der Waals surface area contributed by atoms with Crippen molar-refractivity contribution in [2.75, 3.05) is 0 Å². The van der Waals surface area contributed by atoms with Crippen molar-refractivity contribution >= 4 is 43.2 Å². The Morgan fingerprint density at radius 2 is 1.87 bits per heavy atom. The van der Waals surface area contributed by atoms with Crippen LogP contribution < -0.4 is 0 Å². The second-order valence-electron chi connectivity index (χ2n) is 5.16. The number of alkyl halides is 1. The molecule has 1 aromatic rings. The fourth-order valence-corrected chi connectivity index (χ4v) is 4.16. The Balaban J connectivity index is 2.90. The van der Waals surface area contributed by atoms with Crippen molar-refractivity contribution in [2.45, 2.75) is 39.4 Å². The highest BCUT2D eigenvalue weighted by Crippen LogP contribution is 2.45. The lowest BCUT2D eigenvalue weighted by atomic mass is 9.80. The zero-order chi connectivity index (χ0) is 11.8. The van der Waals surface area contributed by atoms with E-state index in [1.807, 2.05) is 11.3 Å². The first-order chi connectivity index (χ1) is 6.73. The minimum absolute atomic E-state index is 0.332. The van der Waals surface area contributed by atoms with Crippen LogP contribution in [0.15, 0.2) is 9.85 Å². The van der Waals surface area contributed by atoms with Gasteiger partial charge in [-0.3, -0.25) is 0 Å². The smallest absolute Gasteiger partial charge is 0.0730 e. The summed E-state index contributed by atoms with van der Waals surface area (Å²) in [6, 6.07) is 2.27. The molecule has 0 N–H and O–H groups in total. The molecule has 0 aromatic carbocycles. The Morgan fingerprint density at radius 1 is 1.33 bits per heavy atom. The molecule has 0 amide bonds. The Bertz CT molecular complexity index is 316. The van der Waals surface area contributed by atoms with Crippen LogP contribution in [0, 0.1) is 18.3 Å². The molecule has 0 radical (unpaired) electrons. The molecule has 2 unspecified atom stereocenters. The monoisotopic (exact) mass is 352 g/mol. The maximum atomic E-state index is 3.82. The van der Waals surface area contributed by atoms with E-state index in [2.05, 4.69) is 72.5 Å². The van der Waals surface area contributed by atoms with E-state index in [0.29, 0.717) is 16.2 Å². The van der Waals surface area contributed by atoms with Crippen LogP contribution in [0.1, 0.15) is 43.0 Å². The second-order valence-corrected chi connectivity index (χ2v) is 8.55. The van der Waals surface area contributed by atoms with Crippen LogP contribution in [0.4, 0.5) is 0 Å². The van der Waals surface area contributed by atoms with Gasteiger partial charge in [-0.2, -0.15) is 0 Å². The van der Waals surface area contributed by atoms with Gasteiger partial charge in [0.05, 0.1) is 8.61 Å². The third-order valence-electron chi connectivity index (χ3n) is 2.95. The summed E-state index contributed by atoms with van der Waals surface area (Å²) in [6.07, 6.45) is 0. The van der Waals surface area contributed by atoms with Gasteiger partial charge >= 0.3 is 0 Å². The summed E-state index contributed by atoms with van der Waals surface area (Å²) in [5.74, 6) is 0.613. The number of hydrogen-bond donors (Lipinski definition) is 0. The maximum absolute atomic E-state index is 3.82. The first-order valence-corrected chi connectivity index (χ1v) is 7.66. The quantitative estimate of drug-likeness (QED) is 0.577. The van der Waals surface area contributed by atoms with Gasteiger partial charge in [-0.25, -0.2) is 0 Å². The highest BCUT2D eigenvalue weighted by Gasteiger charge is 2.28. The van der Waals surface area contributed by atoms with E-state index in [1.54, 1.807) is 0 Å². The molecule has 0 fully saturated rings. The van der Waals surface area contributed by atoms with Crippen molar-refractivity contribution in [1.29, 1.82) is 0 Å². The molecule has 0 saturated heterocycles. The summed E-state index contributed by atoms with van der Waals surface area (Å²) in [5, 5.41) is 0. The zero-order valence-electron chi connectivity index (χ0n) is 9.90. The van der Waals surface area contributed by atoms with Gasteiger partial charge in [0, 0.05) is 4.88 Å². The third-order valence-corrected chi connectivity index (χ3v) is 6.76. The molecule has 3 heteroatoms. The van der Waals surface area contributed by atoms with Crippen molar-refractivity contribution in [3.63, 3.8) is 0 Å². The standard InChI is InChI=1S/C12H18Br2S/c1-7-6-9(15-11(7)14)10(13)8(2)12(3,4)5/h6,8,10H,1-5H3. The number of halogens is 2. The fraction of sp³-hybridized carbons (Fsp3) is 0.667. The van der Waals surface area contributed by atoms with Crippen molar-refractivity contribution < 1.29 is 0 Å². The Morgan fingerprint density at radius 3 is 2.20 bits per heavy atom. The van der Waals surface area contributed by atoms with E-state index in [9.17, 15) is 0 Å². The van der Waals surface area contributed by atoms with Gasteiger partial charge < -0.3 is 0 Å². The molecule has 1 aromatic heterocycles. The number of aryl methyl sites for hydroxylation is 1. The predicted molar refractivity (Wildman–Crippen MR) is 77.0 cm³/mol. The zero-order valence-corrected chi connectivity index (χ0v) is 13.9. The molecule has 0 bridgehead atoms. The highest BCUT2D eigenvalue weighted by molar-refractivity contribution is 9.11. The van der Waals surface area contributed by atoms with E-state index >= 15 is 0 Å². The Kier molecular flexibility index (Phi) is 4.47. The van der Waals surface area contributed by atoms with Crippen LogP contribution in [0.3, 0.4) is 0 Å². The molecular weight excluding hydrogens is 336 g/mol. The minimum Gasteiger partial charge on any atom is -0.132 e. The summed E-state index contributed by atoms with van der Waals surface area (Å²) >= 11 is 9.24. The molecule has 1 heterocycles.